The number of carbonyl (C=O) groups is 1. The van der Waals surface area contributed by atoms with E-state index in [9.17, 15) is 18.0 Å². The van der Waals surface area contributed by atoms with E-state index in [1.54, 1.807) is 12.1 Å². The number of alkyl halides is 3. The van der Waals surface area contributed by atoms with E-state index in [-0.39, 0.29) is 17.6 Å². The molecular weight excluding hydrogens is 439 g/mol. The van der Waals surface area contributed by atoms with E-state index in [0.717, 1.165) is 17.0 Å². The van der Waals surface area contributed by atoms with E-state index in [1.807, 2.05) is 6.92 Å². The smallest absolute Gasteiger partial charge is 0.416 e. The number of nitrogens with zero attached hydrogens (tertiary/aromatic N) is 3. The zero-order chi connectivity index (χ0) is 21.9. The van der Waals surface area contributed by atoms with Crippen LogP contribution >= 0.6 is 23.6 Å². The Bertz CT molecular complexity index is 1080. The zero-order valence-corrected chi connectivity index (χ0v) is 17.4. The highest BCUT2D eigenvalue weighted by molar-refractivity contribution is 7.80. The quantitative estimate of drug-likeness (QED) is 0.438. The molecule has 158 valence electrons. The van der Waals surface area contributed by atoms with Crippen molar-refractivity contribution in [3.63, 3.8) is 0 Å². The van der Waals surface area contributed by atoms with Gasteiger partial charge in [-0.3, -0.25) is 5.32 Å². The highest BCUT2D eigenvalue weighted by atomic mass is 32.1. The van der Waals surface area contributed by atoms with E-state index in [2.05, 4.69) is 20.7 Å². The van der Waals surface area contributed by atoms with Crippen LogP contribution in [0.3, 0.4) is 0 Å². The molecule has 30 heavy (non-hydrogen) atoms. The van der Waals surface area contributed by atoms with Crippen LogP contribution in [0.2, 0.25) is 0 Å². The Hall–Kier alpha value is -2.99. The van der Waals surface area contributed by atoms with Crippen molar-refractivity contribution in [2.75, 3.05) is 17.7 Å². The third-order valence-corrected chi connectivity index (χ3v) is 5.02. The molecule has 1 aromatic carbocycles. The van der Waals surface area contributed by atoms with Gasteiger partial charge in [-0.1, -0.05) is 12.1 Å². The number of thiophene rings is 1. The topological polar surface area (TPSA) is 81.1 Å². The molecule has 0 saturated heterocycles. The third kappa shape index (κ3) is 5.33. The monoisotopic (exact) mass is 455 g/mol. The van der Waals surface area contributed by atoms with E-state index >= 15 is 0 Å². The predicted molar refractivity (Wildman–Crippen MR) is 111 cm³/mol. The molecule has 0 fully saturated rings. The summed E-state index contributed by atoms with van der Waals surface area (Å²) in [5, 5.41) is 10.5. The second kappa shape index (κ2) is 8.79. The van der Waals surface area contributed by atoms with Gasteiger partial charge in [0.2, 0.25) is 5.95 Å². The van der Waals surface area contributed by atoms with E-state index < -0.39 is 17.7 Å². The van der Waals surface area contributed by atoms with Crippen molar-refractivity contribution >= 4 is 45.6 Å². The van der Waals surface area contributed by atoms with Gasteiger partial charge in [-0.05, 0) is 42.9 Å². The van der Waals surface area contributed by atoms with Crippen molar-refractivity contribution in [1.82, 2.24) is 14.8 Å². The molecule has 0 aliphatic heterocycles. The number of halogens is 3. The minimum atomic E-state index is -4.41. The number of anilines is 2. The highest BCUT2D eigenvalue weighted by Crippen LogP contribution is 2.30. The van der Waals surface area contributed by atoms with Crippen LogP contribution in [0.1, 0.15) is 26.4 Å². The lowest BCUT2D eigenvalue weighted by atomic mass is 10.1. The van der Waals surface area contributed by atoms with Gasteiger partial charge in [0, 0.05) is 4.88 Å². The van der Waals surface area contributed by atoms with Crippen LogP contribution in [0.15, 0.2) is 36.7 Å². The summed E-state index contributed by atoms with van der Waals surface area (Å²) >= 11 is 6.55. The molecule has 3 rings (SSSR count). The lowest BCUT2D eigenvalue weighted by Gasteiger charge is -2.09. The molecule has 12 heteroatoms. The first-order valence-electron chi connectivity index (χ1n) is 8.48. The summed E-state index contributed by atoms with van der Waals surface area (Å²) in [7, 11) is 1.29. The van der Waals surface area contributed by atoms with Gasteiger partial charge in [0.25, 0.3) is 0 Å². The Labute approximate surface area is 178 Å². The zero-order valence-electron chi connectivity index (χ0n) is 15.8. The van der Waals surface area contributed by atoms with E-state index in [1.165, 1.54) is 35.5 Å². The Morgan fingerprint density at radius 3 is 2.77 bits per heavy atom. The molecule has 2 heterocycles. The maximum atomic E-state index is 12.8. The fourth-order valence-corrected chi connectivity index (χ4v) is 3.73. The van der Waals surface area contributed by atoms with Crippen molar-refractivity contribution in [2.45, 2.75) is 19.6 Å². The van der Waals surface area contributed by atoms with Gasteiger partial charge < -0.3 is 10.1 Å². The molecule has 0 unspecified atom stereocenters. The van der Waals surface area contributed by atoms with Crippen LogP contribution in [0.5, 0.6) is 0 Å². The highest BCUT2D eigenvalue weighted by Gasteiger charge is 2.30. The second-order valence-electron chi connectivity index (χ2n) is 6.13. The number of carbonyl (C=O) groups excluding carboxylic acids is 1. The average Bonchev–Trinajstić information content (AvgIpc) is 3.26. The molecule has 3 aromatic rings. The summed E-state index contributed by atoms with van der Waals surface area (Å²) in [5.74, 6) is -0.333. The minimum absolute atomic E-state index is 0.107. The summed E-state index contributed by atoms with van der Waals surface area (Å²) in [5.41, 5.74) is 0.0578. The first-order valence-corrected chi connectivity index (χ1v) is 9.70. The Kier molecular flexibility index (Phi) is 6.37. The largest absolute Gasteiger partial charge is 0.465 e. The molecule has 2 N–H and O–H groups in total. The number of aromatic nitrogens is 3. The standard InChI is InChI=1S/C18H16F3N5O2S2/c1-10-6-13(15(27)28-2)14(30-10)23-17(29)24-16-22-9-26(25-16)8-11-4-3-5-12(7-11)18(19,20)21/h3-7,9H,8H2,1-2H3,(H2,23,24,25,29). The molecule has 0 aliphatic rings. The van der Waals surface area contributed by atoms with Crippen LogP contribution in [0, 0.1) is 6.92 Å². The van der Waals surface area contributed by atoms with E-state index in [0.29, 0.717) is 16.1 Å². The van der Waals surface area contributed by atoms with Crippen LogP contribution in [-0.4, -0.2) is 33.0 Å². The van der Waals surface area contributed by atoms with E-state index in [4.69, 9.17) is 17.0 Å². The van der Waals surface area contributed by atoms with Crippen molar-refractivity contribution < 1.29 is 22.7 Å². The molecule has 0 radical (unpaired) electrons. The molecule has 0 bridgehead atoms. The number of hydrogen-bond acceptors (Lipinski definition) is 6. The van der Waals surface area contributed by atoms with Crippen molar-refractivity contribution in [3.8, 4) is 0 Å². The number of esters is 1. The predicted octanol–water partition coefficient (Wildman–Crippen LogP) is 4.31. The normalized spacial score (nSPS) is 11.2. The molecule has 0 amide bonds. The van der Waals surface area contributed by atoms with Gasteiger partial charge in [0.05, 0.1) is 24.8 Å². The third-order valence-electron chi connectivity index (χ3n) is 3.85. The number of hydrogen-bond donors (Lipinski definition) is 2. The Balaban J connectivity index is 1.65. The maximum absolute atomic E-state index is 12.8. The number of benzene rings is 1. The maximum Gasteiger partial charge on any atom is 0.416 e. The average molecular weight is 455 g/mol. The number of thiocarbonyl (C=S) groups is 1. The lowest BCUT2D eigenvalue weighted by Crippen LogP contribution is -2.20. The number of nitrogens with one attached hydrogen (secondary N) is 2. The van der Waals surface area contributed by atoms with Crippen molar-refractivity contribution in [1.29, 1.82) is 0 Å². The Morgan fingerprint density at radius 1 is 1.30 bits per heavy atom. The minimum Gasteiger partial charge on any atom is -0.465 e. The van der Waals surface area contributed by atoms with Crippen molar-refractivity contribution in [2.24, 2.45) is 0 Å². The SMILES string of the molecule is COC(=O)c1cc(C)sc1NC(=S)Nc1ncn(Cc2cccc(C(F)(F)F)c2)n1. The van der Waals surface area contributed by atoms with Gasteiger partial charge in [-0.15, -0.1) is 16.4 Å². The Morgan fingerprint density at radius 2 is 2.07 bits per heavy atom. The molecule has 7 nitrogen and oxygen atoms in total. The summed E-state index contributed by atoms with van der Waals surface area (Å²) in [4.78, 5) is 16.8. The van der Waals surface area contributed by atoms with Crippen LogP contribution in [-0.2, 0) is 17.5 Å². The fraction of sp³-hybridized carbons (Fsp3) is 0.222. The van der Waals surface area contributed by atoms with Gasteiger partial charge in [-0.25, -0.2) is 14.5 Å². The molecule has 0 aliphatic carbocycles. The lowest BCUT2D eigenvalue weighted by molar-refractivity contribution is -0.137. The number of methoxy groups -OCH3 is 1. The summed E-state index contributed by atoms with van der Waals surface area (Å²) in [6.07, 6.45) is -3.04. The molecule has 0 spiro atoms. The fourth-order valence-electron chi connectivity index (χ4n) is 2.57. The van der Waals surface area contributed by atoms with Gasteiger partial charge in [0.1, 0.15) is 11.3 Å². The molecule has 0 saturated carbocycles. The molecular formula is C18H16F3N5O2S2. The molecule has 0 atom stereocenters. The molecule has 2 aromatic heterocycles. The van der Waals surface area contributed by atoms with Crippen molar-refractivity contribution in [3.05, 3.63) is 58.2 Å². The summed E-state index contributed by atoms with van der Waals surface area (Å²) in [6.45, 7) is 1.95. The first kappa shape index (κ1) is 21.7. The van der Waals surface area contributed by atoms with Crippen LogP contribution in [0.4, 0.5) is 24.1 Å². The second-order valence-corrected chi connectivity index (χ2v) is 7.80. The summed E-state index contributed by atoms with van der Waals surface area (Å²) < 4.78 is 44.7. The van der Waals surface area contributed by atoms with Crippen LogP contribution in [0.25, 0.3) is 0 Å². The summed E-state index contributed by atoms with van der Waals surface area (Å²) in [6, 6.07) is 6.67. The number of rotatable bonds is 5. The van der Waals surface area contributed by atoms with Crippen LogP contribution < -0.4 is 10.6 Å². The van der Waals surface area contributed by atoms with Gasteiger partial charge in [0.15, 0.2) is 5.11 Å². The van der Waals surface area contributed by atoms with Gasteiger partial charge in [-0.2, -0.15) is 13.2 Å². The number of ether oxygens (including phenoxy) is 1. The number of aryl methyl sites for hydroxylation is 1. The van der Waals surface area contributed by atoms with Gasteiger partial charge >= 0.3 is 12.1 Å². The first-order chi connectivity index (χ1) is 14.2.